The number of hydrogen-bond donors (Lipinski definition) is 2. The van der Waals surface area contributed by atoms with Crippen molar-refractivity contribution < 1.29 is 0 Å². The van der Waals surface area contributed by atoms with Crippen LogP contribution in [0, 0.1) is 0 Å². The molecule has 0 saturated carbocycles. The van der Waals surface area contributed by atoms with E-state index in [4.69, 9.17) is 0 Å². The summed E-state index contributed by atoms with van der Waals surface area (Å²) in [5.41, 5.74) is 3.64. The minimum absolute atomic E-state index is 0.281. The van der Waals surface area contributed by atoms with Crippen LogP contribution in [0.5, 0.6) is 0 Å². The Labute approximate surface area is 107 Å². The van der Waals surface area contributed by atoms with E-state index < -0.39 is 0 Å². The van der Waals surface area contributed by atoms with E-state index in [9.17, 15) is 0 Å². The number of anilines is 1. The van der Waals surface area contributed by atoms with Crippen LogP contribution in [0.1, 0.15) is 18.5 Å². The van der Waals surface area contributed by atoms with E-state index in [-0.39, 0.29) is 6.04 Å². The summed E-state index contributed by atoms with van der Waals surface area (Å²) in [4.78, 5) is 3.31. The largest absolute Gasteiger partial charge is 0.378 e. The molecule has 3 rings (SSSR count). The summed E-state index contributed by atoms with van der Waals surface area (Å²) < 4.78 is 0. The topological polar surface area (TPSA) is 27.8 Å². The Balaban J connectivity index is 1.90. The Hall–Kier alpha value is -2.22. The molecule has 1 atom stereocenters. The Bertz CT molecular complexity index is 640. The first-order chi connectivity index (χ1) is 8.84. The van der Waals surface area contributed by atoms with E-state index >= 15 is 0 Å². The van der Waals surface area contributed by atoms with Crippen molar-refractivity contribution in [3.63, 3.8) is 0 Å². The summed E-state index contributed by atoms with van der Waals surface area (Å²) in [5.74, 6) is 0. The van der Waals surface area contributed by atoms with Gasteiger partial charge in [-0.15, -0.1) is 0 Å². The lowest BCUT2D eigenvalue weighted by Gasteiger charge is -2.14. The summed E-state index contributed by atoms with van der Waals surface area (Å²) in [6, 6.07) is 19.0. The summed E-state index contributed by atoms with van der Waals surface area (Å²) in [6.45, 7) is 2.18. The summed E-state index contributed by atoms with van der Waals surface area (Å²) >= 11 is 0. The maximum absolute atomic E-state index is 3.52. The second-order valence-corrected chi connectivity index (χ2v) is 4.52. The number of hydrogen-bond acceptors (Lipinski definition) is 1. The maximum Gasteiger partial charge on any atom is 0.0506 e. The number of H-pyrrole nitrogens is 1. The molecule has 1 heterocycles. The molecule has 0 aliphatic heterocycles. The molecule has 2 N–H and O–H groups in total. The molecule has 0 bridgehead atoms. The van der Waals surface area contributed by atoms with Gasteiger partial charge in [0.25, 0.3) is 0 Å². The normalized spacial score (nSPS) is 12.5. The third-order valence-electron chi connectivity index (χ3n) is 3.24. The van der Waals surface area contributed by atoms with Crippen LogP contribution in [0.15, 0.2) is 60.8 Å². The molecule has 0 spiro atoms. The lowest BCUT2D eigenvalue weighted by atomic mass is 10.1. The zero-order chi connectivity index (χ0) is 12.4. The smallest absolute Gasteiger partial charge is 0.0506 e. The molecule has 0 amide bonds. The number of nitrogens with one attached hydrogen (secondary N) is 2. The molecule has 0 saturated heterocycles. The highest BCUT2D eigenvalue weighted by molar-refractivity contribution is 5.83. The van der Waals surface area contributed by atoms with Crippen molar-refractivity contribution in [3.05, 3.63) is 66.4 Å². The number of benzene rings is 2. The third-order valence-corrected chi connectivity index (χ3v) is 3.24. The third kappa shape index (κ3) is 1.97. The minimum atomic E-state index is 0.281. The summed E-state index contributed by atoms with van der Waals surface area (Å²) in [5, 5.41) is 4.80. The van der Waals surface area contributed by atoms with Crippen molar-refractivity contribution >= 4 is 16.6 Å². The highest BCUT2D eigenvalue weighted by atomic mass is 14.9. The van der Waals surface area contributed by atoms with Crippen LogP contribution in [0.4, 0.5) is 5.69 Å². The first kappa shape index (κ1) is 10.9. The first-order valence-corrected chi connectivity index (χ1v) is 6.22. The van der Waals surface area contributed by atoms with E-state index in [1.54, 1.807) is 0 Å². The molecule has 2 nitrogen and oxygen atoms in total. The van der Waals surface area contributed by atoms with E-state index in [1.807, 2.05) is 18.2 Å². The van der Waals surface area contributed by atoms with Crippen molar-refractivity contribution in [2.45, 2.75) is 13.0 Å². The zero-order valence-corrected chi connectivity index (χ0v) is 10.4. The Morgan fingerprint density at radius 3 is 2.50 bits per heavy atom. The predicted molar refractivity (Wildman–Crippen MR) is 76.8 cm³/mol. The van der Waals surface area contributed by atoms with Crippen LogP contribution < -0.4 is 5.32 Å². The lowest BCUT2D eigenvalue weighted by molar-refractivity contribution is 0.894. The van der Waals surface area contributed by atoms with Crippen LogP contribution in [0.2, 0.25) is 0 Å². The van der Waals surface area contributed by atoms with E-state index in [0.29, 0.717) is 0 Å². The summed E-state index contributed by atoms with van der Waals surface area (Å²) in [6.07, 6.45) is 2.09. The van der Waals surface area contributed by atoms with Gasteiger partial charge in [0.1, 0.15) is 0 Å². The van der Waals surface area contributed by atoms with Crippen LogP contribution in [-0.4, -0.2) is 4.98 Å². The fraction of sp³-hybridized carbons (Fsp3) is 0.125. The van der Waals surface area contributed by atoms with Gasteiger partial charge >= 0.3 is 0 Å². The van der Waals surface area contributed by atoms with E-state index in [1.165, 1.54) is 16.5 Å². The number of aromatic nitrogens is 1. The number of rotatable bonds is 3. The molecule has 2 aromatic carbocycles. The van der Waals surface area contributed by atoms with Gasteiger partial charge in [-0.1, -0.05) is 36.4 Å². The first-order valence-electron chi connectivity index (χ1n) is 6.22. The fourth-order valence-electron chi connectivity index (χ4n) is 2.31. The Morgan fingerprint density at radius 2 is 1.67 bits per heavy atom. The van der Waals surface area contributed by atoms with Gasteiger partial charge in [-0.05, 0) is 30.7 Å². The monoisotopic (exact) mass is 236 g/mol. The predicted octanol–water partition coefficient (Wildman–Crippen LogP) is 4.34. The molecular weight excluding hydrogens is 220 g/mol. The fourth-order valence-corrected chi connectivity index (χ4v) is 2.31. The van der Waals surface area contributed by atoms with Gasteiger partial charge in [0.05, 0.1) is 6.04 Å². The van der Waals surface area contributed by atoms with Crippen LogP contribution in [0.25, 0.3) is 10.9 Å². The van der Waals surface area contributed by atoms with E-state index in [0.717, 1.165) is 5.69 Å². The average Bonchev–Trinajstić information content (AvgIpc) is 2.84. The van der Waals surface area contributed by atoms with Crippen molar-refractivity contribution in [2.24, 2.45) is 0 Å². The van der Waals surface area contributed by atoms with Crippen LogP contribution in [-0.2, 0) is 0 Å². The molecule has 90 valence electrons. The van der Waals surface area contributed by atoms with Crippen molar-refractivity contribution in [2.75, 3.05) is 5.32 Å². The molecule has 0 unspecified atom stereocenters. The molecule has 3 aromatic rings. The second kappa shape index (κ2) is 4.57. The van der Waals surface area contributed by atoms with Crippen LogP contribution in [0.3, 0.4) is 0 Å². The van der Waals surface area contributed by atoms with Gasteiger partial charge in [0, 0.05) is 22.8 Å². The van der Waals surface area contributed by atoms with Gasteiger partial charge in [-0.3, -0.25) is 0 Å². The summed E-state index contributed by atoms with van der Waals surface area (Å²) in [7, 11) is 0. The number of fused-ring (bicyclic) bond motifs is 1. The number of para-hydroxylation sites is 2. The average molecular weight is 236 g/mol. The van der Waals surface area contributed by atoms with Crippen LogP contribution >= 0.6 is 0 Å². The van der Waals surface area contributed by atoms with Gasteiger partial charge in [0.15, 0.2) is 0 Å². The molecule has 1 aromatic heterocycles. The Kier molecular flexibility index (Phi) is 2.77. The maximum atomic E-state index is 3.52. The molecule has 0 aliphatic carbocycles. The highest BCUT2D eigenvalue weighted by Gasteiger charge is 2.10. The highest BCUT2D eigenvalue weighted by Crippen LogP contribution is 2.26. The molecular formula is C16H16N2. The molecule has 0 fully saturated rings. The van der Waals surface area contributed by atoms with E-state index in [2.05, 4.69) is 59.8 Å². The molecule has 0 radical (unpaired) electrons. The minimum Gasteiger partial charge on any atom is -0.378 e. The van der Waals surface area contributed by atoms with Crippen molar-refractivity contribution in [1.82, 2.24) is 4.98 Å². The van der Waals surface area contributed by atoms with Gasteiger partial charge in [0.2, 0.25) is 0 Å². The van der Waals surface area contributed by atoms with Gasteiger partial charge < -0.3 is 10.3 Å². The molecule has 18 heavy (non-hydrogen) atoms. The standard InChI is InChI=1S/C16H16N2/c1-12(18-13-7-3-2-4-8-13)15-11-17-16-10-6-5-9-14(15)16/h2-12,17-18H,1H3/t12-/m0/s1. The Morgan fingerprint density at radius 1 is 0.944 bits per heavy atom. The lowest BCUT2D eigenvalue weighted by Crippen LogP contribution is -2.05. The van der Waals surface area contributed by atoms with Crippen molar-refractivity contribution in [3.8, 4) is 0 Å². The van der Waals surface area contributed by atoms with Gasteiger partial charge in [-0.25, -0.2) is 0 Å². The van der Waals surface area contributed by atoms with Gasteiger partial charge in [-0.2, -0.15) is 0 Å². The quantitative estimate of drug-likeness (QED) is 0.695. The van der Waals surface area contributed by atoms with Crippen molar-refractivity contribution in [1.29, 1.82) is 0 Å². The molecule has 0 aliphatic rings. The molecule has 2 heteroatoms. The zero-order valence-electron chi connectivity index (χ0n) is 10.4. The SMILES string of the molecule is C[C@H](Nc1ccccc1)c1c[nH]c2ccccc12. The number of aromatic amines is 1. The second-order valence-electron chi connectivity index (χ2n) is 4.52.